The molecule has 0 aliphatic carbocycles. The van der Waals surface area contributed by atoms with Gasteiger partial charge in [-0.25, -0.2) is 0 Å². The molecule has 1 N–H and O–H groups in total. The SMILES string of the molecule is Cc1cc([C@H]2[C@H](c3ccccn3)NC(=S)N2c2ccc(Sc3ccc([N+](=O)[O-])cc3)cc2)c(C)n1C. The van der Waals surface area contributed by atoms with Crippen LogP contribution >= 0.6 is 24.0 Å². The van der Waals surface area contributed by atoms with Crippen LogP contribution in [0.5, 0.6) is 0 Å². The molecule has 2 aromatic heterocycles. The lowest BCUT2D eigenvalue weighted by molar-refractivity contribution is -0.384. The monoisotopic (exact) mass is 515 g/mol. The highest BCUT2D eigenvalue weighted by Crippen LogP contribution is 2.43. The van der Waals surface area contributed by atoms with Gasteiger partial charge in [-0.05, 0) is 86.2 Å². The van der Waals surface area contributed by atoms with Crippen LogP contribution in [-0.2, 0) is 7.05 Å². The summed E-state index contributed by atoms with van der Waals surface area (Å²) < 4.78 is 2.20. The first-order valence-corrected chi connectivity index (χ1v) is 12.7. The molecular formula is C27H25N5O2S2. The maximum absolute atomic E-state index is 10.9. The Labute approximate surface area is 219 Å². The number of aryl methyl sites for hydroxylation is 1. The first kappa shape index (κ1) is 24.0. The molecule has 182 valence electrons. The van der Waals surface area contributed by atoms with Crippen LogP contribution in [0.2, 0.25) is 0 Å². The molecule has 1 fully saturated rings. The molecule has 0 bridgehead atoms. The number of nitro groups is 1. The molecule has 0 amide bonds. The fourth-order valence-corrected chi connectivity index (χ4v) is 5.74. The fourth-order valence-electron chi connectivity index (χ4n) is 4.58. The summed E-state index contributed by atoms with van der Waals surface area (Å²) in [4.78, 5) is 19.3. The summed E-state index contributed by atoms with van der Waals surface area (Å²) in [7, 11) is 2.08. The van der Waals surface area contributed by atoms with E-state index in [-0.39, 0.29) is 22.7 Å². The van der Waals surface area contributed by atoms with E-state index in [1.54, 1.807) is 23.9 Å². The zero-order valence-electron chi connectivity index (χ0n) is 20.1. The van der Waals surface area contributed by atoms with Crippen LogP contribution in [0, 0.1) is 24.0 Å². The number of anilines is 1. The summed E-state index contributed by atoms with van der Waals surface area (Å²) in [6.07, 6.45) is 1.81. The van der Waals surface area contributed by atoms with Crippen molar-refractivity contribution in [2.75, 3.05) is 4.90 Å². The third-order valence-electron chi connectivity index (χ3n) is 6.63. The van der Waals surface area contributed by atoms with Crippen molar-refractivity contribution in [2.45, 2.75) is 35.7 Å². The van der Waals surface area contributed by atoms with Crippen LogP contribution in [0.3, 0.4) is 0 Å². The number of nitrogens with one attached hydrogen (secondary N) is 1. The lowest BCUT2D eigenvalue weighted by Gasteiger charge is -2.28. The highest BCUT2D eigenvalue weighted by molar-refractivity contribution is 7.99. The Morgan fingerprint density at radius 3 is 2.25 bits per heavy atom. The molecule has 7 nitrogen and oxygen atoms in total. The number of rotatable bonds is 6. The van der Waals surface area contributed by atoms with E-state index in [0.29, 0.717) is 5.11 Å². The van der Waals surface area contributed by atoms with Gasteiger partial charge >= 0.3 is 0 Å². The Hall–Kier alpha value is -3.69. The number of nitrogens with zero attached hydrogens (tertiary/aromatic N) is 4. The van der Waals surface area contributed by atoms with E-state index in [4.69, 9.17) is 12.2 Å². The summed E-state index contributed by atoms with van der Waals surface area (Å²) in [6.45, 7) is 4.25. The van der Waals surface area contributed by atoms with Gasteiger partial charge in [-0.2, -0.15) is 0 Å². The van der Waals surface area contributed by atoms with Crippen LogP contribution in [0.15, 0.2) is 88.8 Å². The standard InChI is InChI=1S/C27H25N5O2S2/c1-17-16-23(18(2)30(17)3)26-25(24-6-4-5-15-28-24)29-27(35)31(26)19-7-11-21(12-8-19)36-22-13-9-20(10-14-22)32(33)34/h4-16,25-26H,1-3H3,(H,29,35)/t25-,26-/m0/s1. The van der Waals surface area contributed by atoms with E-state index < -0.39 is 0 Å². The average Bonchev–Trinajstić information content (AvgIpc) is 3.36. The summed E-state index contributed by atoms with van der Waals surface area (Å²) in [5.41, 5.74) is 5.62. The van der Waals surface area contributed by atoms with Crippen molar-refractivity contribution in [1.82, 2.24) is 14.9 Å². The molecule has 1 saturated heterocycles. The van der Waals surface area contributed by atoms with Gasteiger partial charge in [0.25, 0.3) is 5.69 Å². The van der Waals surface area contributed by atoms with Crippen molar-refractivity contribution in [3.05, 3.63) is 112 Å². The Balaban J connectivity index is 1.47. The van der Waals surface area contributed by atoms with Crippen molar-refractivity contribution in [1.29, 1.82) is 0 Å². The third-order valence-corrected chi connectivity index (χ3v) is 7.96. The van der Waals surface area contributed by atoms with Crippen molar-refractivity contribution < 1.29 is 4.92 Å². The normalized spacial score (nSPS) is 17.3. The van der Waals surface area contributed by atoms with E-state index >= 15 is 0 Å². The zero-order valence-corrected chi connectivity index (χ0v) is 21.7. The number of aromatic nitrogens is 2. The quantitative estimate of drug-likeness (QED) is 0.184. The second-order valence-corrected chi connectivity index (χ2v) is 10.3. The molecule has 2 aromatic carbocycles. The molecule has 4 aromatic rings. The largest absolute Gasteiger partial charge is 0.352 e. The fraction of sp³-hybridized carbons (Fsp3) is 0.185. The van der Waals surface area contributed by atoms with E-state index in [9.17, 15) is 10.1 Å². The Morgan fingerprint density at radius 1 is 1.03 bits per heavy atom. The lowest BCUT2D eigenvalue weighted by atomic mass is 9.96. The van der Waals surface area contributed by atoms with Gasteiger partial charge in [-0.15, -0.1) is 0 Å². The third kappa shape index (κ3) is 4.47. The average molecular weight is 516 g/mol. The first-order chi connectivity index (χ1) is 17.3. The molecule has 0 radical (unpaired) electrons. The summed E-state index contributed by atoms with van der Waals surface area (Å²) >= 11 is 7.41. The van der Waals surface area contributed by atoms with Gasteiger partial charge in [0.2, 0.25) is 0 Å². The Kier molecular flexibility index (Phi) is 6.51. The van der Waals surface area contributed by atoms with Crippen LogP contribution in [0.4, 0.5) is 11.4 Å². The van der Waals surface area contributed by atoms with E-state index in [1.807, 2.05) is 24.4 Å². The minimum Gasteiger partial charge on any atom is -0.352 e. The maximum Gasteiger partial charge on any atom is 0.269 e. The van der Waals surface area contributed by atoms with Crippen LogP contribution in [0.25, 0.3) is 0 Å². The van der Waals surface area contributed by atoms with Gasteiger partial charge in [0.15, 0.2) is 5.11 Å². The van der Waals surface area contributed by atoms with Crippen molar-refractivity contribution in [3.63, 3.8) is 0 Å². The van der Waals surface area contributed by atoms with E-state index in [0.717, 1.165) is 21.2 Å². The number of nitro benzene ring substituents is 1. The van der Waals surface area contributed by atoms with Crippen LogP contribution in [0.1, 0.15) is 34.7 Å². The molecule has 1 aliphatic rings. The summed E-state index contributed by atoms with van der Waals surface area (Å²) in [5, 5.41) is 15.1. The second-order valence-electron chi connectivity index (χ2n) is 8.73. The molecule has 2 atom stereocenters. The predicted octanol–water partition coefficient (Wildman–Crippen LogP) is 6.27. The predicted molar refractivity (Wildman–Crippen MR) is 146 cm³/mol. The second kappa shape index (κ2) is 9.75. The molecule has 5 rings (SSSR count). The molecular weight excluding hydrogens is 490 g/mol. The number of hydrogen-bond donors (Lipinski definition) is 1. The minimum atomic E-state index is -0.388. The van der Waals surface area contributed by atoms with E-state index in [1.165, 1.54) is 29.1 Å². The van der Waals surface area contributed by atoms with E-state index in [2.05, 4.69) is 71.0 Å². The first-order valence-electron chi connectivity index (χ1n) is 11.5. The van der Waals surface area contributed by atoms with Crippen molar-refractivity contribution in [3.8, 4) is 0 Å². The lowest BCUT2D eigenvalue weighted by Crippen LogP contribution is -2.29. The number of non-ortho nitro benzene ring substituents is 1. The number of thiocarbonyl (C=S) groups is 1. The van der Waals surface area contributed by atoms with Crippen molar-refractivity contribution >= 4 is 40.5 Å². The van der Waals surface area contributed by atoms with Gasteiger partial charge in [-0.3, -0.25) is 15.1 Å². The van der Waals surface area contributed by atoms with Gasteiger partial charge in [0.1, 0.15) is 0 Å². The summed E-state index contributed by atoms with van der Waals surface area (Å²) in [6, 6.07) is 22.9. The number of benzene rings is 2. The topological polar surface area (TPSA) is 76.2 Å². The zero-order chi connectivity index (χ0) is 25.4. The molecule has 1 aliphatic heterocycles. The Bertz CT molecular complexity index is 1420. The maximum atomic E-state index is 10.9. The highest BCUT2D eigenvalue weighted by atomic mass is 32.2. The molecule has 0 saturated carbocycles. The minimum absolute atomic E-state index is 0.0551. The van der Waals surface area contributed by atoms with Gasteiger partial charge in [-0.1, -0.05) is 17.8 Å². The molecule has 0 unspecified atom stereocenters. The molecule has 36 heavy (non-hydrogen) atoms. The molecule has 0 spiro atoms. The number of pyridine rings is 1. The van der Waals surface area contributed by atoms with Gasteiger partial charge in [0.05, 0.1) is 22.7 Å². The molecule has 3 heterocycles. The van der Waals surface area contributed by atoms with Gasteiger partial charge in [0, 0.05) is 52.2 Å². The van der Waals surface area contributed by atoms with Crippen molar-refractivity contribution in [2.24, 2.45) is 7.05 Å². The number of hydrogen-bond acceptors (Lipinski definition) is 5. The highest BCUT2D eigenvalue weighted by Gasteiger charge is 2.42. The van der Waals surface area contributed by atoms with Gasteiger partial charge < -0.3 is 14.8 Å². The Morgan fingerprint density at radius 2 is 1.69 bits per heavy atom. The van der Waals surface area contributed by atoms with Crippen LogP contribution < -0.4 is 10.2 Å². The molecule has 9 heteroatoms. The van der Waals surface area contributed by atoms with Crippen LogP contribution in [-0.4, -0.2) is 19.6 Å². The summed E-state index contributed by atoms with van der Waals surface area (Å²) in [5.74, 6) is 0. The smallest absolute Gasteiger partial charge is 0.269 e.